The number of carbonyl (C=O) groups excluding carboxylic acids is 2. The molecule has 0 aromatic heterocycles. The number of nitrogens with one attached hydrogen (secondary N) is 1. The quantitative estimate of drug-likeness (QED) is 0.175. The van der Waals surface area contributed by atoms with E-state index in [0.717, 1.165) is 26.6 Å². The number of anilines is 1. The second kappa shape index (κ2) is 15.2. The molecule has 45 heavy (non-hydrogen) atoms. The number of amides is 2. The summed E-state index contributed by atoms with van der Waals surface area (Å²) in [6.07, 6.45) is 0.968. The highest BCUT2D eigenvalue weighted by atomic mass is 35.5. The molecule has 0 aliphatic carbocycles. The van der Waals surface area contributed by atoms with Gasteiger partial charge in [-0.05, 0) is 68.1 Å². The van der Waals surface area contributed by atoms with Crippen LogP contribution in [0.5, 0.6) is 0 Å². The lowest BCUT2D eigenvalue weighted by Crippen LogP contribution is -2.54. The summed E-state index contributed by atoms with van der Waals surface area (Å²) in [6, 6.07) is 29.2. The molecule has 0 bridgehead atoms. The van der Waals surface area contributed by atoms with Crippen molar-refractivity contribution >= 4 is 39.1 Å². The van der Waals surface area contributed by atoms with Crippen LogP contribution in [0, 0.1) is 13.8 Å². The molecule has 0 saturated carbocycles. The lowest BCUT2D eigenvalue weighted by atomic mass is 10.0. The van der Waals surface area contributed by atoms with E-state index in [9.17, 15) is 18.0 Å². The Bertz CT molecular complexity index is 1700. The van der Waals surface area contributed by atoms with Crippen molar-refractivity contribution in [3.63, 3.8) is 0 Å². The molecule has 0 unspecified atom stereocenters. The molecule has 0 fully saturated rings. The van der Waals surface area contributed by atoms with Gasteiger partial charge in [0.25, 0.3) is 10.0 Å². The van der Waals surface area contributed by atoms with E-state index in [4.69, 9.17) is 11.6 Å². The van der Waals surface area contributed by atoms with Gasteiger partial charge in [-0.1, -0.05) is 103 Å². The first-order valence-electron chi connectivity index (χ1n) is 15.0. The van der Waals surface area contributed by atoms with Gasteiger partial charge in [-0.2, -0.15) is 0 Å². The number of hydrogen-bond donors (Lipinski definition) is 1. The van der Waals surface area contributed by atoms with Crippen LogP contribution < -0.4 is 9.62 Å². The molecule has 4 rings (SSSR count). The minimum Gasteiger partial charge on any atom is -0.352 e. The van der Waals surface area contributed by atoms with Crippen LogP contribution in [0.1, 0.15) is 42.5 Å². The molecule has 0 saturated heterocycles. The second-order valence-corrected chi connectivity index (χ2v) is 13.6. The van der Waals surface area contributed by atoms with Crippen LogP contribution >= 0.6 is 11.6 Å². The predicted octanol–water partition coefficient (Wildman–Crippen LogP) is 6.71. The van der Waals surface area contributed by atoms with Crippen LogP contribution in [-0.4, -0.2) is 43.8 Å². The van der Waals surface area contributed by atoms with E-state index in [-0.39, 0.29) is 35.5 Å². The highest BCUT2D eigenvalue weighted by Gasteiger charge is 2.35. The van der Waals surface area contributed by atoms with E-state index in [2.05, 4.69) is 5.32 Å². The van der Waals surface area contributed by atoms with Gasteiger partial charge in [0.05, 0.1) is 10.6 Å². The SMILES string of the molecule is CC[C@H](C)NC(=O)[C@@H](Cc1ccccc1)N(Cc1ccccc1)C(=O)CN(c1ccc(C)c(Cl)c1)S(=O)(=O)c1ccc(C)cc1. The first-order chi connectivity index (χ1) is 21.5. The Labute approximate surface area is 271 Å². The summed E-state index contributed by atoms with van der Waals surface area (Å²) in [5.74, 6) is -0.824. The van der Waals surface area contributed by atoms with Crippen LogP contribution in [-0.2, 0) is 32.6 Å². The third-order valence-electron chi connectivity index (χ3n) is 7.80. The standard InChI is InChI=1S/C36H40ClN3O4S/c1-5-28(4)38-36(42)34(22-29-12-8-6-9-13-29)39(24-30-14-10-7-11-15-30)35(41)25-40(31-19-18-27(3)33(37)23-31)45(43,44)32-20-16-26(2)17-21-32/h6-21,23,28,34H,5,22,24-25H2,1-4H3,(H,38,42)/t28-,34+/m0/s1. The normalized spacial score (nSPS) is 12.6. The summed E-state index contributed by atoms with van der Waals surface area (Å²) in [6.45, 7) is 7.16. The van der Waals surface area contributed by atoms with Crippen molar-refractivity contribution in [2.45, 2.75) is 64.1 Å². The predicted molar refractivity (Wildman–Crippen MR) is 181 cm³/mol. The highest BCUT2D eigenvalue weighted by molar-refractivity contribution is 7.92. The first-order valence-corrected chi connectivity index (χ1v) is 16.8. The maximum absolute atomic E-state index is 14.5. The van der Waals surface area contributed by atoms with E-state index in [1.54, 1.807) is 30.3 Å². The van der Waals surface area contributed by atoms with Crippen molar-refractivity contribution < 1.29 is 18.0 Å². The molecule has 0 aliphatic heterocycles. The van der Waals surface area contributed by atoms with Crippen molar-refractivity contribution in [1.29, 1.82) is 0 Å². The Morgan fingerprint density at radius 3 is 2.02 bits per heavy atom. The van der Waals surface area contributed by atoms with Gasteiger partial charge in [-0.15, -0.1) is 0 Å². The number of rotatable bonds is 13. The monoisotopic (exact) mass is 645 g/mol. The van der Waals surface area contributed by atoms with Crippen molar-refractivity contribution in [3.8, 4) is 0 Å². The topological polar surface area (TPSA) is 86.8 Å². The van der Waals surface area contributed by atoms with Crippen molar-refractivity contribution in [3.05, 3.63) is 130 Å². The van der Waals surface area contributed by atoms with Crippen LogP contribution in [0.25, 0.3) is 0 Å². The zero-order chi connectivity index (χ0) is 32.6. The number of hydrogen-bond acceptors (Lipinski definition) is 4. The third kappa shape index (κ3) is 8.74. The summed E-state index contributed by atoms with van der Waals surface area (Å²) in [5, 5.41) is 3.42. The van der Waals surface area contributed by atoms with Gasteiger partial charge in [-0.3, -0.25) is 13.9 Å². The smallest absolute Gasteiger partial charge is 0.264 e. The molecule has 4 aromatic rings. The Balaban J connectivity index is 1.81. The van der Waals surface area contributed by atoms with E-state index >= 15 is 0 Å². The maximum atomic E-state index is 14.5. The lowest BCUT2D eigenvalue weighted by Gasteiger charge is -2.34. The zero-order valence-electron chi connectivity index (χ0n) is 26.1. The minimum absolute atomic E-state index is 0.0440. The molecule has 0 spiro atoms. The van der Waals surface area contributed by atoms with E-state index in [1.165, 1.54) is 17.0 Å². The number of nitrogens with zero attached hydrogens (tertiary/aromatic N) is 2. The maximum Gasteiger partial charge on any atom is 0.264 e. The molecule has 4 aromatic carbocycles. The van der Waals surface area contributed by atoms with Gasteiger partial charge in [0.15, 0.2) is 0 Å². The number of aryl methyl sites for hydroxylation is 2. The van der Waals surface area contributed by atoms with E-state index in [1.807, 2.05) is 88.4 Å². The molecular weight excluding hydrogens is 606 g/mol. The minimum atomic E-state index is -4.20. The van der Waals surface area contributed by atoms with Crippen LogP contribution in [0.4, 0.5) is 5.69 Å². The lowest BCUT2D eigenvalue weighted by molar-refractivity contribution is -0.140. The van der Waals surface area contributed by atoms with Gasteiger partial charge in [-0.25, -0.2) is 8.42 Å². The number of benzene rings is 4. The molecule has 1 N–H and O–H groups in total. The van der Waals surface area contributed by atoms with Gasteiger partial charge < -0.3 is 10.2 Å². The Morgan fingerprint density at radius 2 is 1.44 bits per heavy atom. The summed E-state index contributed by atoms with van der Waals surface area (Å²) < 4.78 is 29.4. The Morgan fingerprint density at radius 1 is 0.844 bits per heavy atom. The number of sulfonamides is 1. The second-order valence-electron chi connectivity index (χ2n) is 11.3. The third-order valence-corrected chi connectivity index (χ3v) is 9.99. The molecule has 7 nitrogen and oxygen atoms in total. The summed E-state index contributed by atoms with van der Waals surface area (Å²) in [7, 11) is -4.20. The highest BCUT2D eigenvalue weighted by Crippen LogP contribution is 2.29. The largest absolute Gasteiger partial charge is 0.352 e. The molecule has 2 atom stereocenters. The molecule has 236 valence electrons. The first kappa shape index (κ1) is 33.7. The fraction of sp³-hybridized carbons (Fsp3) is 0.278. The fourth-order valence-corrected chi connectivity index (χ4v) is 6.46. The van der Waals surface area contributed by atoms with Crippen molar-refractivity contribution in [1.82, 2.24) is 10.2 Å². The van der Waals surface area contributed by atoms with Gasteiger partial charge in [0, 0.05) is 24.0 Å². The van der Waals surface area contributed by atoms with Gasteiger partial charge in [0.2, 0.25) is 11.8 Å². The van der Waals surface area contributed by atoms with Crippen LogP contribution in [0.15, 0.2) is 108 Å². The van der Waals surface area contributed by atoms with E-state index < -0.39 is 28.5 Å². The summed E-state index contributed by atoms with van der Waals surface area (Å²) in [4.78, 5) is 29.9. The van der Waals surface area contributed by atoms with Gasteiger partial charge in [0.1, 0.15) is 12.6 Å². The number of carbonyl (C=O) groups is 2. The summed E-state index contributed by atoms with van der Waals surface area (Å²) in [5.41, 5.74) is 3.62. The van der Waals surface area contributed by atoms with Crippen LogP contribution in [0.3, 0.4) is 0 Å². The average molecular weight is 646 g/mol. The molecule has 2 amide bonds. The number of halogens is 1. The van der Waals surface area contributed by atoms with Crippen molar-refractivity contribution in [2.75, 3.05) is 10.8 Å². The molecule has 0 aliphatic rings. The average Bonchev–Trinajstić information content (AvgIpc) is 3.03. The van der Waals surface area contributed by atoms with Crippen molar-refractivity contribution in [2.24, 2.45) is 0 Å². The van der Waals surface area contributed by atoms with Gasteiger partial charge >= 0.3 is 0 Å². The van der Waals surface area contributed by atoms with Crippen LogP contribution in [0.2, 0.25) is 5.02 Å². The molecule has 9 heteroatoms. The van der Waals surface area contributed by atoms with E-state index in [0.29, 0.717) is 11.4 Å². The fourth-order valence-electron chi connectivity index (χ4n) is 4.88. The molecule has 0 heterocycles. The Hall–Kier alpha value is -4.14. The molecular formula is C36H40ClN3O4S. The zero-order valence-corrected chi connectivity index (χ0v) is 27.7. The summed E-state index contributed by atoms with van der Waals surface area (Å²) >= 11 is 6.46. The Kier molecular flexibility index (Phi) is 11.4. The molecule has 0 radical (unpaired) electrons.